The first-order valence-electron chi connectivity index (χ1n) is 8.10. The maximum absolute atomic E-state index is 11.1. The Morgan fingerprint density at radius 2 is 2.12 bits per heavy atom. The van der Waals surface area contributed by atoms with E-state index in [2.05, 4.69) is 15.2 Å². The molecule has 0 bridgehead atoms. The van der Waals surface area contributed by atoms with Gasteiger partial charge in [0.05, 0.1) is 17.1 Å². The zero-order chi connectivity index (χ0) is 17.3. The molecule has 0 aromatic carbocycles. The molecular weight excluding hydrogens is 332 g/mol. The number of aliphatic carboxylic acids is 1. The van der Waals surface area contributed by atoms with Gasteiger partial charge in [-0.2, -0.15) is 0 Å². The van der Waals surface area contributed by atoms with Crippen LogP contribution in [0.1, 0.15) is 36.0 Å². The molecule has 0 saturated heterocycles. The number of primary amides is 1. The Labute approximate surface area is 145 Å². The van der Waals surface area contributed by atoms with Crippen LogP contribution in [0.2, 0.25) is 5.02 Å². The number of amides is 1. The quantitative estimate of drug-likeness (QED) is 0.655. The van der Waals surface area contributed by atoms with Gasteiger partial charge < -0.3 is 16.2 Å². The average Bonchev–Trinajstić information content (AvgIpc) is 3.26. The number of nitrogens with two attached hydrogens (primary N) is 1. The summed E-state index contributed by atoms with van der Waals surface area (Å²) in [5.74, 6) is -0.159. The van der Waals surface area contributed by atoms with Crippen molar-refractivity contribution in [1.29, 1.82) is 0 Å². The Kier molecular flexibility index (Phi) is 4.91. The first-order valence-corrected chi connectivity index (χ1v) is 8.48. The monoisotopic (exact) mass is 352 g/mol. The summed E-state index contributed by atoms with van der Waals surface area (Å²) in [6.45, 7) is 0.968. The largest absolute Gasteiger partial charge is 0.480 e. The van der Waals surface area contributed by atoms with Crippen molar-refractivity contribution >= 4 is 29.3 Å². The molecular formula is C16H21ClN4O3. The van der Waals surface area contributed by atoms with E-state index in [-0.39, 0.29) is 24.2 Å². The van der Waals surface area contributed by atoms with Crippen molar-refractivity contribution in [2.75, 3.05) is 18.4 Å². The van der Waals surface area contributed by atoms with Crippen molar-refractivity contribution in [2.24, 2.45) is 11.7 Å². The molecule has 0 radical (unpaired) electrons. The number of carboxylic acid groups (broad SMARTS) is 1. The number of carbonyl (C=O) groups is 2. The molecule has 0 atom stereocenters. The summed E-state index contributed by atoms with van der Waals surface area (Å²) in [5, 5.41) is 12.7. The number of hydrogen-bond donors (Lipinski definition) is 3. The van der Waals surface area contributed by atoms with Crippen molar-refractivity contribution < 1.29 is 14.7 Å². The highest BCUT2D eigenvalue weighted by molar-refractivity contribution is 6.33. The second kappa shape index (κ2) is 6.94. The molecule has 8 heteroatoms. The van der Waals surface area contributed by atoms with Crippen LogP contribution in [-0.4, -0.2) is 52.0 Å². The van der Waals surface area contributed by atoms with Gasteiger partial charge >= 0.3 is 5.97 Å². The third-order valence-electron chi connectivity index (χ3n) is 4.62. The summed E-state index contributed by atoms with van der Waals surface area (Å²) >= 11 is 6.12. The number of pyridine rings is 1. The Morgan fingerprint density at radius 1 is 1.42 bits per heavy atom. The fraction of sp³-hybridized carbons (Fsp3) is 0.562. The molecule has 0 spiro atoms. The van der Waals surface area contributed by atoms with Gasteiger partial charge in [-0.1, -0.05) is 11.6 Å². The highest BCUT2D eigenvalue weighted by Crippen LogP contribution is 2.35. The normalized spacial score (nSPS) is 22.9. The van der Waals surface area contributed by atoms with Crippen LogP contribution in [0.25, 0.3) is 0 Å². The van der Waals surface area contributed by atoms with Crippen LogP contribution < -0.4 is 11.1 Å². The number of halogens is 1. The van der Waals surface area contributed by atoms with E-state index in [1.165, 1.54) is 25.1 Å². The van der Waals surface area contributed by atoms with E-state index in [0.717, 1.165) is 19.4 Å². The number of aromatic nitrogens is 1. The van der Waals surface area contributed by atoms with Crippen LogP contribution in [0.3, 0.4) is 0 Å². The lowest BCUT2D eigenvalue weighted by Crippen LogP contribution is -2.52. The first-order chi connectivity index (χ1) is 11.4. The predicted octanol–water partition coefficient (Wildman–Crippen LogP) is 1.57. The van der Waals surface area contributed by atoms with Crippen LogP contribution in [0.15, 0.2) is 12.3 Å². The molecule has 24 heavy (non-hydrogen) atoms. The number of carboxylic acids is 1. The minimum Gasteiger partial charge on any atom is -0.480 e. The number of anilines is 1. The van der Waals surface area contributed by atoms with Gasteiger partial charge in [0, 0.05) is 24.8 Å². The highest BCUT2D eigenvalue weighted by Gasteiger charge is 2.37. The second-order valence-electron chi connectivity index (χ2n) is 6.65. The molecule has 2 aliphatic carbocycles. The van der Waals surface area contributed by atoms with Crippen LogP contribution in [0.4, 0.5) is 5.82 Å². The van der Waals surface area contributed by atoms with E-state index in [0.29, 0.717) is 16.8 Å². The van der Waals surface area contributed by atoms with E-state index in [1.54, 1.807) is 0 Å². The Balaban J connectivity index is 1.54. The summed E-state index contributed by atoms with van der Waals surface area (Å²) in [6, 6.07) is 1.98. The molecule has 3 rings (SSSR count). The van der Waals surface area contributed by atoms with Crippen LogP contribution >= 0.6 is 11.6 Å². The minimum atomic E-state index is -0.779. The molecule has 2 aliphatic rings. The Morgan fingerprint density at radius 3 is 2.67 bits per heavy atom. The molecule has 1 heterocycles. The van der Waals surface area contributed by atoms with Gasteiger partial charge in [0.2, 0.25) is 5.91 Å². The third-order valence-corrected chi connectivity index (χ3v) is 4.91. The van der Waals surface area contributed by atoms with E-state index < -0.39 is 11.9 Å². The molecule has 7 nitrogen and oxygen atoms in total. The minimum absolute atomic E-state index is 0.0974. The number of nitrogens with one attached hydrogen (secondary N) is 1. The van der Waals surface area contributed by atoms with Gasteiger partial charge in [-0.05, 0) is 37.7 Å². The van der Waals surface area contributed by atoms with Gasteiger partial charge in [0.15, 0.2) is 0 Å². The molecule has 0 unspecified atom stereocenters. The highest BCUT2D eigenvalue weighted by atomic mass is 35.5. The van der Waals surface area contributed by atoms with Gasteiger partial charge in [0.25, 0.3) is 0 Å². The number of carbonyl (C=O) groups excluding carboxylic acids is 1. The molecule has 0 aliphatic heterocycles. The number of nitrogens with zero attached hydrogens (tertiary/aromatic N) is 2. The van der Waals surface area contributed by atoms with E-state index in [4.69, 9.17) is 22.4 Å². The molecule has 2 saturated carbocycles. The average molecular weight is 353 g/mol. The fourth-order valence-corrected chi connectivity index (χ4v) is 3.25. The van der Waals surface area contributed by atoms with Gasteiger partial charge in [-0.15, -0.1) is 0 Å². The third kappa shape index (κ3) is 4.15. The van der Waals surface area contributed by atoms with Crippen molar-refractivity contribution in [3.8, 4) is 0 Å². The van der Waals surface area contributed by atoms with Crippen LogP contribution in [0.5, 0.6) is 0 Å². The summed E-state index contributed by atoms with van der Waals surface area (Å²) in [6.07, 6.45) is 5.52. The van der Waals surface area contributed by atoms with Crippen LogP contribution in [-0.2, 0) is 4.79 Å². The van der Waals surface area contributed by atoms with Crippen molar-refractivity contribution in [2.45, 2.75) is 37.8 Å². The lowest BCUT2D eigenvalue weighted by Gasteiger charge is -2.43. The van der Waals surface area contributed by atoms with Gasteiger partial charge in [-0.25, -0.2) is 4.98 Å². The predicted molar refractivity (Wildman–Crippen MR) is 90.1 cm³/mol. The number of rotatable bonds is 8. The van der Waals surface area contributed by atoms with E-state index in [1.807, 2.05) is 0 Å². The second-order valence-corrected chi connectivity index (χ2v) is 7.06. The molecule has 1 aromatic rings. The topological polar surface area (TPSA) is 109 Å². The van der Waals surface area contributed by atoms with Gasteiger partial charge in [-0.3, -0.25) is 14.5 Å². The van der Waals surface area contributed by atoms with Crippen molar-refractivity contribution in [3.63, 3.8) is 0 Å². The van der Waals surface area contributed by atoms with Crippen molar-refractivity contribution in [1.82, 2.24) is 9.88 Å². The Hall–Kier alpha value is -1.86. The molecule has 1 aromatic heterocycles. The van der Waals surface area contributed by atoms with Crippen LogP contribution in [0, 0.1) is 5.92 Å². The maximum Gasteiger partial charge on any atom is 0.317 e. The SMILES string of the molecule is NC(=O)c1cnc(NC2CC(N(CC(=O)O)CC3CC3)C2)c(Cl)c1. The summed E-state index contributed by atoms with van der Waals surface area (Å²) in [4.78, 5) is 28.4. The summed E-state index contributed by atoms with van der Waals surface area (Å²) in [5.41, 5.74) is 5.47. The maximum atomic E-state index is 11.1. The van der Waals surface area contributed by atoms with Gasteiger partial charge in [0.1, 0.15) is 5.82 Å². The fourth-order valence-electron chi connectivity index (χ4n) is 3.02. The molecule has 130 valence electrons. The summed E-state index contributed by atoms with van der Waals surface area (Å²) in [7, 11) is 0. The smallest absolute Gasteiger partial charge is 0.317 e. The standard InChI is InChI=1S/C16H21ClN4O3/c17-13-3-10(15(18)24)6-19-16(13)20-11-4-12(5-11)21(8-14(22)23)7-9-1-2-9/h3,6,9,11-12H,1-2,4-5,7-8H2,(H2,18,24)(H,19,20)(H,22,23). The number of hydrogen-bond acceptors (Lipinski definition) is 5. The molecule has 1 amide bonds. The lowest BCUT2D eigenvalue weighted by atomic mass is 9.85. The van der Waals surface area contributed by atoms with E-state index in [9.17, 15) is 9.59 Å². The van der Waals surface area contributed by atoms with Crippen molar-refractivity contribution in [3.05, 3.63) is 22.8 Å². The summed E-state index contributed by atoms with van der Waals surface area (Å²) < 4.78 is 0. The lowest BCUT2D eigenvalue weighted by molar-refractivity contribution is -0.139. The molecule has 2 fully saturated rings. The first kappa shape index (κ1) is 17.0. The zero-order valence-corrected chi connectivity index (χ0v) is 14.0. The Bertz CT molecular complexity index is 644. The zero-order valence-electron chi connectivity index (χ0n) is 13.2. The van der Waals surface area contributed by atoms with E-state index >= 15 is 0 Å². The molecule has 4 N–H and O–H groups in total.